The number of benzene rings is 1. The van der Waals surface area contributed by atoms with E-state index in [1.54, 1.807) is 30.9 Å². The predicted octanol–water partition coefficient (Wildman–Crippen LogP) is 3.97. The van der Waals surface area contributed by atoms with Crippen molar-refractivity contribution in [2.45, 2.75) is 33.4 Å². The SMILES string of the molecule is COCC(=O)N(c1c(C)cccc1C)C(C)C(=O)OC.N#C/N=C1\SCCN1Cc1ccc(Cl)nc1. The number of pyridine rings is 1. The zero-order valence-electron chi connectivity index (χ0n) is 21.0. The summed E-state index contributed by atoms with van der Waals surface area (Å²) in [6, 6.07) is 8.71. The van der Waals surface area contributed by atoms with E-state index in [9.17, 15) is 9.59 Å². The molecule has 0 radical (unpaired) electrons. The van der Waals surface area contributed by atoms with Crippen LogP contribution in [0.5, 0.6) is 0 Å². The molecule has 1 unspecified atom stereocenters. The first-order valence-electron chi connectivity index (χ1n) is 11.1. The third-order valence-corrected chi connectivity index (χ3v) is 6.54. The minimum absolute atomic E-state index is 0.0882. The summed E-state index contributed by atoms with van der Waals surface area (Å²) in [6.45, 7) is 6.99. The Morgan fingerprint density at radius 2 is 1.97 bits per heavy atom. The molecule has 11 heteroatoms. The van der Waals surface area contributed by atoms with Crippen LogP contribution in [-0.4, -0.2) is 66.1 Å². The smallest absolute Gasteiger partial charge is 0.328 e. The molecule has 2 aromatic rings. The van der Waals surface area contributed by atoms with Crippen molar-refractivity contribution in [1.82, 2.24) is 9.88 Å². The number of anilines is 1. The van der Waals surface area contributed by atoms with Crippen LogP contribution in [0.2, 0.25) is 5.15 Å². The molecular weight excluding hydrogens is 502 g/mol. The number of methoxy groups -OCH3 is 2. The van der Waals surface area contributed by atoms with Gasteiger partial charge in [-0.05, 0) is 43.5 Å². The normalized spacial score (nSPS) is 14.5. The summed E-state index contributed by atoms with van der Waals surface area (Å²) in [5.41, 5.74) is 3.64. The van der Waals surface area contributed by atoms with Crippen molar-refractivity contribution in [1.29, 1.82) is 5.26 Å². The van der Waals surface area contributed by atoms with Crippen molar-refractivity contribution in [3.05, 3.63) is 58.4 Å². The van der Waals surface area contributed by atoms with Crippen molar-refractivity contribution in [3.8, 4) is 6.19 Å². The summed E-state index contributed by atoms with van der Waals surface area (Å²) in [5, 5.41) is 9.82. The van der Waals surface area contributed by atoms with Gasteiger partial charge in [0.25, 0.3) is 5.91 Å². The molecule has 1 aliphatic rings. The van der Waals surface area contributed by atoms with E-state index in [0.717, 1.165) is 46.4 Å². The number of amides is 1. The highest BCUT2D eigenvalue weighted by atomic mass is 35.5. The topological polar surface area (TPSA) is 108 Å². The summed E-state index contributed by atoms with van der Waals surface area (Å²) >= 11 is 7.32. The number of para-hydroxylation sites is 1. The third-order valence-electron chi connectivity index (χ3n) is 5.32. The van der Waals surface area contributed by atoms with Crippen LogP contribution in [0.15, 0.2) is 41.5 Å². The van der Waals surface area contributed by atoms with Gasteiger partial charge in [0.2, 0.25) is 6.19 Å². The Labute approximate surface area is 221 Å². The average Bonchev–Trinajstić information content (AvgIpc) is 3.29. The van der Waals surface area contributed by atoms with Gasteiger partial charge in [0.15, 0.2) is 5.17 Å². The number of nitriles is 1. The van der Waals surface area contributed by atoms with Crippen molar-refractivity contribution >= 4 is 46.1 Å². The molecule has 3 rings (SSSR count). The lowest BCUT2D eigenvalue weighted by Gasteiger charge is -2.30. The van der Waals surface area contributed by atoms with Gasteiger partial charge in [0.05, 0.1) is 12.8 Å². The third kappa shape index (κ3) is 7.95. The Morgan fingerprint density at radius 3 is 2.53 bits per heavy atom. The quantitative estimate of drug-likeness (QED) is 0.300. The summed E-state index contributed by atoms with van der Waals surface area (Å²) in [6.07, 6.45) is 3.57. The number of rotatable bonds is 7. The number of ether oxygens (including phenoxy) is 2. The number of aliphatic imine (C=N–C) groups is 1. The molecule has 0 spiro atoms. The van der Waals surface area contributed by atoms with Crippen LogP contribution < -0.4 is 4.90 Å². The molecule has 1 saturated heterocycles. The first kappa shape index (κ1) is 29.1. The Bertz CT molecular complexity index is 1100. The lowest BCUT2D eigenvalue weighted by molar-refractivity contribution is -0.143. The van der Waals surface area contributed by atoms with Crippen molar-refractivity contribution in [2.75, 3.05) is 38.0 Å². The highest BCUT2D eigenvalue weighted by molar-refractivity contribution is 8.14. The van der Waals surface area contributed by atoms with E-state index in [-0.39, 0.29) is 12.5 Å². The lowest BCUT2D eigenvalue weighted by Crippen LogP contribution is -2.46. The van der Waals surface area contributed by atoms with E-state index in [1.807, 2.05) is 44.3 Å². The second-order valence-corrected chi connectivity index (χ2v) is 9.34. The number of hydrogen-bond acceptors (Lipinski definition) is 8. The first-order valence-corrected chi connectivity index (χ1v) is 12.5. The molecular formula is C25H30ClN5O4S. The fourth-order valence-electron chi connectivity index (χ4n) is 3.64. The van der Waals surface area contributed by atoms with Gasteiger partial charge in [-0.3, -0.25) is 9.69 Å². The molecule has 192 valence electrons. The fourth-order valence-corrected chi connectivity index (χ4v) is 4.69. The van der Waals surface area contributed by atoms with Gasteiger partial charge >= 0.3 is 5.97 Å². The number of aryl methyl sites for hydroxylation is 2. The van der Waals surface area contributed by atoms with E-state index >= 15 is 0 Å². The van der Waals surface area contributed by atoms with Gasteiger partial charge < -0.3 is 14.4 Å². The summed E-state index contributed by atoms with van der Waals surface area (Å²) in [7, 11) is 2.76. The van der Waals surface area contributed by atoms with Gasteiger partial charge in [-0.1, -0.05) is 47.6 Å². The fraction of sp³-hybridized carbons (Fsp3) is 0.400. The zero-order valence-corrected chi connectivity index (χ0v) is 22.6. The van der Waals surface area contributed by atoms with E-state index < -0.39 is 12.0 Å². The minimum Gasteiger partial charge on any atom is -0.467 e. The highest BCUT2D eigenvalue weighted by Gasteiger charge is 2.30. The molecule has 1 amide bonds. The van der Waals surface area contributed by atoms with Crippen LogP contribution in [0.1, 0.15) is 23.6 Å². The second kappa shape index (κ2) is 14.4. The molecule has 1 fully saturated rings. The van der Waals surface area contributed by atoms with Crippen molar-refractivity contribution in [2.24, 2.45) is 4.99 Å². The van der Waals surface area contributed by atoms with Gasteiger partial charge in [-0.25, -0.2) is 9.78 Å². The molecule has 36 heavy (non-hydrogen) atoms. The van der Waals surface area contributed by atoms with Crippen molar-refractivity contribution < 1.29 is 19.1 Å². The number of esters is 1. The van der Waals surface area contributed by atoms with Gasteiger partial charge in [0.1, 0.15) is 17.8 Å². The number of amidine groups is 1. The Morgan fingerprint density at radius 1 is 1.28 bits per heavy atom. The monoisotopic (exact) mass is 531 g/mol. The van der Waals surface area contributed by atoms with Gasteiger partial charge in [-0.15, -0.1) is 4.99 Å². The molecule has 1 atom stereocenters. The van der Waals surface area contributed by atoms with E-state index in [1.165, 1.54) is 19.1 Å². The molecule has 1 aliphatic heterocycles. The Kier molecular flexibility index (Phi) is 11.7. The maximum Gasteiger partial charge on any atom is 0.328 e. The number of nitrogens with zero attached hydrogens (tertiary/aromatic N) is 5. The maximum atomic E-state index is 12.3. The molecule has 0 saturated carbocycles. The number of hydrogen-bond donors (Lipinski definition) is 0. The maximum absolute atomic E-state index is 12.3. The van der Waals surface area contributed by atoms with Crippen LogP contribution in [0.25, 0.3) is 0 Å². The molecule has 2 heterocycles. The zero-order chi connectivity index (χ0) is 26.7. The van der Waals surface area contributed by atoms with E-state index in [2.05, 4.69) is 14.9 Å². The molecule has 1 aromatic carbocycles. The number of halogens is 1. The molecule has 1 aromatic heterocycles. The number of thioether (sulfide) groups is 1. The van der Waals surface area contributed by atoms with Crippen LogP contribution in [0.3, 0.4) is 0 Å². The molecule has 9 nitrogen and oxygen atoms in total. The summed E-state index contributed by atoms with van der Waals surface area (Å²) in [4.78, 5) is 35.4. The van der Waals surface area contributed by atoms with E-state index in [4.69, 9.17) is 26.3 Å². The standard InChI is InChI=1S/C15H21NO4.C10H9ClN4S/c1-10-7-6-8-11(2)14(10)16(13(17)9-19-4)12(3)15(18)20-5;11-9-2-1-8(5-13-9)6-15-3-4-16-10(15)14-7-12/h6-8,12H,9H2,1-5H3;1-2,5H,3-4,6H2/b;14-10-. The van der Waals surface area contributed by atoms with Crippen LogP contribution >= 0.6 is 23.4 Å². The van der Waals surface area contributed by atoms with Gasteiger partial charge in [-0.2, -0.15) is 5.26 Å². The van der Waals surface area contributed by atoms with E-state index in [0.29, 0.717) is 5.15 Å². The average molecular weight is 532 g/mol. The van der Waals surface area contributed by atoms with Gasteiger partial charge in [0, 0.05) is 32.1 Å². The minimum atomic E-state index is -0.706. The molecule has 0 aliphatic carbocycles. The van der Waals surface area contributed by atoms with Crippen LogP contribution in [0.4, 0.5) is 5.69 Å². The lowest BCUT2D eigenvalue weighted by atomic mass is 10.1. The number of carbonyl (C=O) groups excluding carboxylic acids is 2. The van der Waals surface area contributed by atoms with Crippen LogP contribution in [0, 0.1) is 25.3 Å². The predicted molar refractivity (Wildman–Crippen MR) is 142 cm³/mol. The molecule has 0 bridgehead atoms. The number of carbonyl (C=O) groups is 2. The summed E-state index contributed by atoms with van der Waals surface area (Å²) in [5.74, 6) is 0.238. The first-order chi connectivity index (χ1) is 17.2. The largest absolute Gasteiger partial charge is 0.467 e. The Hall–Kier alpha value is -3.13. The molecule has 0 N–H and O–H groups in total. The second-order valence-electron chi connectivity index (χ2n) is 7.89. The Balaban J connectivity index is 0.000000259. The highest BCUT2D eigenvalue weighted by Crippen LogP contribution is 2.27. The summed E-state index contributed by atoms with van der Waals surface area (Å²) < 4.78 is 9.65. The number of aromatic nitrogens is 1. The van der Waals surface area contributed by atoms with Crippen LogP contribution in [-0.2, 0) is 25.6 Å². The van der Waals surface area contributed by atoms with Crippen molar-refractivity contribution in [3.63, 3.8) is 0 Å².